The van der Waals surface area contributed by atoms with E-state index >= 15 is 0 Å². The number of fused-ring (bicyclic) bond motifs is 3. The van der Waals surface area contributed by atoms with Gasteiger partial charge in [-0.1, -0.05) is 50.6 Å². The molecule has 208 valence electrons. The molecule has 9 nitrogen and oxygen atoms in total. The zero-order chi connectivity index (χ0) is 27.8. The summed E-state index contributed by atoms with van der Waals surface area (Å²) in [5.74, 6) is -1.17. The number of aliphatic hydroxyl groups is 1. The topological polar surface area (TPSA) is 135 Å². The minimum Gasteiger partial charge on any atom is -0.460 e. The van der Waals surface area contributed by atoms with Crippen molar-refractivity contribution in [1.82, 2.24) is 15.2 Å². The molecule has 10 heteroatoms. The molecule has 38 heavy (non-hydrogen) atoms. The molecule has 0 aliphatic carbocycles. The van der Waals surface area contributed by atoms with Gasteiger partial charge in [-0.25, -0.2) is 9.78 Å². The third-order valence-electron chi connectivity index (χ3n) is 6.75. The lowest BCUT2D eigenvalue weighted by Crippen LogP contribution is -2.44. The van der Waals surface area contributed by atoms with Gasteiger partial charge in [0.25, 0.3) is 5.91 Å². The molecule has 2 bridgehead atoms. The van der Waals surface area contributed by atoms with Crippen LogP contribution < -0.4 is 11.1 Å². The molecular formula is C28H40N4O5S. The SMILES string of the molecule is CC1=CC(O)CC(N)Cc2nc(cs2)C(=O)N2CCCC2C(=O)OC(C(C)C)C(C)/C=C/C(=O)NCC=C1. The number of allylic oxidation sites excluding steroid dienone is 2. The molecule has 0 spiro atoms. The second-order valence-electron chi connectivity index (χ2n) is 10.5. The number of amides is 2. The van der Waals surface area contributed by atoms with Crippen LogP contribution in [0.1, 0.15) is 62.5 Å². The van der Waals surface area contributed by atoms with Gasteiger partial charge in [-0.05, 0) is 38.2 Å². The van der Waals surface area contributed by atoms with Gasteiger partial charge in [0.1, 0.15) is 17.8 Å². The Hall–Kier alpha value is -2.82. The summed E-state index contributed by atoms with van der Waals surface area (Å²) in [5, 5.41) is 15.6. The number of ether oxygens (including phenoxy) is 1. The first-order valence-corrected chi connectivity index (χ1v) is 14.1. The van der Waals surface area contributed by atoms with Crippen molar-refractivity contribution >= 4 is 29.1 Å². The van der Waals surface area contributed by atoms with E-state index in [0.717, 1.165) is 5.57 Å². The van der Waals surface area contributed by atoms with Gasteiger partial charge in [0.2, 0.25) is 5.91 Å². The highest BCUT2D eigenvalue weighted by Gasteiger charge is 2.38. The number of nitrogens with one attached hydrogen (secondary N) is 1. The van der Waals surface area contributed by atoms with Crippen LogP contribution in [0.15, 0.2) is 41.3 Å². The summed E-state index contributed by atoms with van der Waals surface area (Å²) in [6.07, 6.45) is 9.38. The fraction of sp³-hybridized carbons (Fsp3) is 0.571. The van der Waals surface area contributed by atoms with E-state index in [1.54, 1.807) is 22.4 Å². The van der Waals surface area contributed by atoms with Crippen LogP contribution >= 0.6 is 11.3 Å². The number of aliphatic hydroxyl groups excluding tert-OH is 1. The van der Waals surface area contributed by atoms with Crippen LogP contribution in [0.2, 0.25) is 0 Å². The molecule has 5 unspecified atom stereocenters. The van der Waals surface area contributed by atoms with E-state index in [0.29, 0.717) is 49.5 Å². The van der Waals surface area contributed by atoms with Crippen molar-refractivity contribution in [3.05, 3.63) is 52.0 Å². The van der Waals surface area contributed by atoms with Crippen molar-refractivity contribution in [3.63, 3.8) is 0 Å². The monoisotopic (exact) mass is 544 g/mol. The van der Waals surface area contributed by atoms with Crippen molar-refractivity contribution in [2.75, 3.05) is 13.1 Å². The normalized spacial score (nSPS) is 29.4. The number of carbonyl (C=O) groups is 3. The summed E-state index contributed by atoms with van der Waals surface area (Å²) < 4.78 is 5.93. The average Bonchev–Trinajstić information content (AvgIpc) is 3.52. The number of nitrogens with two attached hydrogens (primary N) is 1. The van der Waals surface area contributed by atoms with Crippen molar-refractivity contribution in [3.8, 4) is 0 Å². The Morgan fingerprint density at radius 1 is 1.26 bits per heavy atom. The standard InChI is InChI=1S/C28H40N4O5S/c1-17(2)26-19(4)9-10-24(34)30-11-5-7-18(3)13-21(33)14-20(29)15-25-31-22(16-38-25)27(35)32-12-6-8-23(32)28(36)37-26/h5,7,9-10,13,16-17,19-21,23,26,33H,6,8,11-12,14-15,29H2,1-4H3,(H,30,34)/b7-5?,10-9+,18-13?. The second-order valence-corrected chi connectivity index (χ2v) is 11.4. The molecule has 2 amide bonds. The van der Waals surface area contributed by atoms with Crippen LogP contribution in [0.4, 0.5) is 0 Å². The molecule has 3 rings (SSSR count). The highest BCUT2D eigenvalue weighted by Crippen LogP contribution is 2.26. The fourth-order valence-electron chi connectivity index (χ4n) is 4.82. The number of aromatic nitrogens is 1. The molecule has 1 saturated heterocycles. The molecule has 1 aromatic heterocycles. The van der Waals surface area contributed by atoms with Gasteiger partial charge in [0.05, 0.1) is 11.1 Å². The van der Waals surface area contributed by atoms with Crippen LogP contribution in [0, 0.1) is 11.8 Å². The molecule has 1 aromatic rings. The van der Waals surface area contributed by atoms with E-state index < -0.39 is 24.2 Å². The molecular weight excluding hydrogens is 504 g/mol. The number of nitrogens with zero attached hydrogens (tertiary/aromatic N) is 2. The Labute approximate surface area is 228 Å². The van der Waals surface area contributed by atoms with E-state index in [2.05, 4.69) is 10.3 Å². The summed E-state index contributed by atoms with van der Waals surface area (Å²) in [6.45, 7) is 8.49. The maximum absolute atomic E-state index is 13.3. The van der Waals surface area contributed by atoms with E-state index in [1.165, 1.54) is 17.4 Å². The lowest BCUT2D eigenvalue weighted by Gasteiger charge is -2.29. The smallest absolute Gasteiger partial charge is 0.329 e. The van der Waals surface area contributed by atoms with E-state index in [9.17, 15) is 19.5 Å². The van der Waals surface area contributed by atoms with Gasteiger partial charge in [-0.2, -0.15) is 0 Å². The summed E-state index contributed by atoms with van der Waals surface area (Å²) in [4.78, 5) is 44.8. The van der Waals surface area contributed by atoms with Gasteiger partial charge < -0.3 is 25.8 Å². The largest absolute Gasteiger partial charge is 0.460 e. The molecule has 0 saturated carbocycles. The molecule has 0 aromatic carbocycles. The number of rotatable bonds is 1. The van der Waals surface area contributed by atoms with Crippen LogP contribution in [0.3, 0.4) is 0 Å². The van der Waals surface area contributed by atoms with Gasteiger partial charge in [0, 0.05) is 36.9 Å². The Bertz CT molecular complexity index is 1080. The maximum atomic E-state index is 13.3. The quantitative estimate of drug-likeness (QED) is 0.463. The summed E-state index contributed by atoms with van der Waals surface area (Å²) in [7, 11) is 0. The van der Waals surface area contributed by atoms with Gasteiger partial charge >= 0.3 is 5.97 Å². The molecule has 4 N–H and O–H groups in total. The average molecular weight is 545 g/mol. The molecule has 0 radical (unpaired) electrons. The van der Waals surface area contributed by atoms with E-state index in [4.69, 9.17) is 10.5 Å². The highest BCUT2D eigenvalue weighted by atomic mass is 32.1. The van der Waals surface area contributed by atoms with Crippen molar-refractivity contribution in [2.45, 2.75) is 77.7 Å². The fourth-order valence-corrected chi connectivity index (χ4v) is 5.69. The first kappa shape index (κ1) is 29.7. The molecule has 2 aliphatic heterocycles. The van der Waals surface area contributed by atoms with Crippen molar-refractivity contribution in [1.29, 1.82) is 0 Å². The summed E-state index contributed by atoms with van der Waals surface area (Å²) in [5.41, 5.74) is 7.40. The van der Waals surface area contributed by atoms with Gasteiger partial charge in [-0.15, -0.1) is 11.3 Å². The Morgan fingerprint density at radius 2 is 2.03 bits per heavy atom. The molecule has 2 aliphatic rings. The Morgan fingerprint density at radius 3 is 2.76 bits per heavy atom. The molecule has 3 heterocycles. The lowest BCUT2D eigenvalue weighted by atomic mass is 9.94. The second kappa shape index (κ2) is 13.8. The third-order valence-corrected chi connectivity index (χ3v) is 7.62. The Kier molecular flexibility index (Phi) is 10.8. The zero-order valence-electron chi connectivity index (χ0n) is 22.6. The first-order valence-electron chi connectivity index (χ1n) is 13.3. The summed E-state index contributed by atoms with van der Waals surface area (Å²) in [6, 6.07) is -1.02. The number of cyclic esters (lactones) is 1. The molecule has 1 fully saturated rings. The third kappa shape index (κ3) is 8.34. The minimum atomic E-state index is -0.735. The lowest BCUT2D eigenvalue weighted by molar-refractivity contribution is -0.158. The van der Waals surface area contributed by atoms with Crippen LogP contribution in [0.5, 0.6) is 0 Å². The molecule has 5 atom stereocenters. The minimum absolute atomic E-state index is 0.0139. The van der Waals surface area contributed by atoms with Crippen LogP contribution in [-0.4, -0.2) is 70.2 Å². The van der Waals surface area contributed by atoms with Crippen LogP contribution in [0.25, 0.3) is 0 Å². The van der Waals surface area contributed by atoms with E-state index in [1.807, 2.05) is 39.8 Å². The number of thiazole rings is 1. The highest BCUT2D eigenvalue weighted by molar-refractivity contribution is 7.09. The number of hydrogen-bond acceptors (Lipinski definition) is 8. The number of carbonyl (C=O) groups excluding carboxylic acids is 3. The number of esters is 1. The van der Waals surface area contributed by atoms with Gasteiger partial charge in [-0.3, -0.25) is 9.59 Å². The van der Waals surface area contributed by atoms with Crippen LogP contribution in [-0.2, 0) is 20.7 Å². The summed E-state index contributed by atoms with van der Waals surface area (Å²) >= 11 is 1.35. The maximum Gasteiger partial charge on any atom is 0.329 e. The predicted molar refractivity (Wildman–Crippen MR) is 147 cm³/mol. The van der Waals surface area contributed by atoms with Gasteiger partial charge in [0.15, 0.2) is 0 Å². The van der Waals surface area contributed by atoms with Crippen molar-refractivity contribution < 1.29 is 24.2 Å². The zero-order valence-corrected chi connectivity index (χ0v) is 23.4. The van der Waals surface area contributed by atoms with E-state index in [-0.39, 0.29) is 29.7 Å². The first-order chi connectivity index (χ1) is 18.0. The predicted octanol–water partition coefficient (Wildman–Crippen LogP) is 2.76. The Balaban J connectivity index is 1.85. The number of hydrogen-bond donors (Lipinski definition) is 3. The van der Waals surface area contributed by atoms with Crippen molar-refractivity contribution in [2.24, 2.45) is 17.6 Å².